The molecule has 1 aromatic rings. The van der Waals surface area contributed by atoms with E-state index in [-0.39, 0.29) is 6.61 Å². The van der Waals surface area contributed by atoms with E-state index < -0.39 is 6.09 Å². The summed E-state index contributed by atoms with van der Waals surface area (Å²) < 4.78 is 4.49. The van der Waals surface area contributed by atoms with Crippen molar-refractivity contribution in [2.75, 3.05) is 6.61 Å². The molecule has 0 saturated carbocycles. The van der Waals surface area contributed by atoms with Crippen LogP contribution in [0.3, 0.4) is 0 Å². The van der Waals surface area contributed by atoms with Crippen molar-refractivity contribution in [3.63, 3.8) is 0 Å². The van der Waals surface area contributed by atoms with Gasteiger partial charge < -0.3 is 10.5 Å². The number of carbonyl (C=O) groups excluding carboxylic acids is 1. The molecule has 0 spiro atoms. The summed E-state index contributed by atoms with van der Waals surface area (Å²) in [6.07, 6.45) is 2.56. The Labute approximate surface area is 70.4 Å². The number of hydrogen-bond donors (Lipinski definition) is 1. The number of nitrogens with zero attached hydrogens (tertiary/aromatic N) is 1. The molecule has 1 heterocycles. The van der Waals surface area contributed by atoms with Crippen LogP contribution in [-0.2, 0) is 4.74 Å². The van der Waals surface area contributed by atoms with Crippen molar-refractivity contribution in [1.82, 2.24) is 4.98 Å². The van der Waals surface area contributed by atoms with Gasteiger partial charge in [-0.3, -0.25) is 4.98 Å². The summed E-state index contributed by atoms with van der Waals surface area (Å²) in [4.78, 5) is 14.1. The Morgan fingerprint density at radius 1 is 1.67 bits per heavy atom. The lowest BCUT2D eigenvalue weighted by atomic mass is 10.3. The predicted molar refractivity (Wildman–Crippen MR) is 43.2 cm³/mol. The number of primary amides is 1. The first-order chi connectivity index (χ1) is 5.79. The molecule has 1 amide bonds. The Bertz CT molecular complexity index is 248. The highest BCUT2D eigenvalue weighted by molar-refractivity contribution is 5.64. The normalized spacial score (nSPS) is 9.33. The smallest absolute Gasteiger partial charge is 0.404 e. The average molecular weight is 165 g/mol. The Hall–Kier alpha value is -1.58. The van der Waals surface area contributed by atoms with Crippen LogP contribution in [0.25, 0.3) is 0 Å². The number of carbonyl (C=O) groups is 1. The van der Waals surface area contributed by atoms with Crippen molar-refractivity contribution >= 4 is 6.09 Å². The fourth-order valence-corrected chi connectivity index (χ4v) is 0.706. The van der Waals surface area contributed by atoms with Crippen molar-refractivity contribution in [3.05, 3.63) is 36.5 Å². The quantitative estimate of drug-likeness (QED) is 0.718. The SMILES string of the molecule is NC(=O)OC[CH]c1ccccn1. The summed E-state index contributed by atoms with van der Waals surface area (Å²) in [5.74, 6) is 0. The van der Waals surface area contributed by atoms with E-state index in [9.17, 15) is 4.79 Å². The van der Waals surface area contributed by atoms with E-state index >= 15 is 0 Å². The van der Waals surface area contributed by atoms with Gasteiger partial charge in [-0.25, -0.2) is 4.79 Å². The van der Waals surface area contributed by atoms with E-state index in [0.717, 1.165) is 5.69 Å². The molecule has 0 unspecified atom stereocenters. The third-order valence-corrected chi connectivity index (χ3v) is 1.21. The molecular formula is C8H9N2O2. The van der Waals surface area contributed by atoms with Gasteiger partial charge in [-0.2, -0.15) is 0 Å². The molecule has 63 valence electrons. The molecule has 0 bridgehead atoms. The monoisotopic (exact) mass is 165 g/mol. The zero-order chi connectivity index (χ0) is 8.81. The van der Waals surface area contributed by atoms with Crippen molar-refractivity contribution < 1.29 is 9.53 Å². The molecule has 0 atom stereocenters. The second-order valence-electron chi connectivity index (χ2n) is 2.09. The maximum atomic E-state index is 10.1. The van der Waals surface area contributed by atoms with Gasteiger partial charge in [0.15, 0.2) is 0 Å². The van der Waals surface area contributed by atoms with Crippen LogP contribution < -0.4 is 5.73 Å². The Balaban J connectivity index is 2.29. The maximum absolute atomic E-state index is 10.1. The third-order valence-electron chi connectivity index (χ3n) is 1.21. The molecule has 0 aliphatic carbocycles. The molecule has 0 aliphatic heterocycles. The molecular weight excluding hydrogens is 156 g/mol. The summed E-state index contributed by atoms with van der Waals surface area (Å²) in [7, 11) is 0. The highest BCUT2D eigenvalue weighted by Crippen LogP contribution is 1.96. The first kappa shape index (κ1) is 8.52. The van der Waals surface area contributed by atoms with Gasteiger partial charge >= 0.3 is 6.09 Å². The highest BCUT2D eigenvalue weighted by atomic mass is 16.5. The van der Waals surface area contributed by atoms with Gasteiger partial charge in [0.2, 0.25) is 0 Å². The Morgan fingerprint density at radius 3 is 3.08 bits per heavy atom. The summed E-state index contributed by atoms with van der Waals surface area (Å²) >= 11 is 0. The van der Waals surface area contributed by atoms with E-state index in [0.29, 0.717) is 0 Å². The Kier molecular flexibility index (Phi) is 3.07. The number of pyridine rings is 1. The van der Waals surface area contributed by atoms with Gasteiger partial charge in [0, 0.05) is 18.3 Å². The van der Waals surface area contributed by atoms with Gasteiger partial charge in [0.1, 0.15) is 6.61 Å². The van der Waals surface area contributed by atoms with Crippen molar-refractivity contribution in [2.24, 2.45) is 5.73 Å². The summed E-state index contributed by atoms with van der Waals surface area (Å²) in [5.41, 5.74) is 5.52. The largest absolute Gasteiger partial charge is 0.449 e. The van der Waals surface area contributed by atoms with Gasteiger partial charge in [0.25, 0.3) is 0 Å². The fourth-order valence-electron chi connectivity index (χ4n) is 0.706. The van der Waals surface area contributed by atoms with E-state index in [1.54, 1.807) is 12.6 Å². The lowest BCUT2D eigenvalue weighted by Crippen LogP contribution is -2.14. The first-order valence-electron chi connectivity index (χ1n) is 3.45. The second-order valence-corrected chi connectivity index (χ2v) is 2.09. The Morgan fingerprint density at radius 2 is 2.50 bits per heavy atom. The van der Waals surface area contributed by atoms with Crippen LogP contribution in [-0.4, -0.2) is 17.7 Å². The van der Waals surface area contributed by atoms with Crippen LogP contribution in [0.4, 0.5) is 4.79 Å². The molecule has 2 N–H and O–H groups in total. The number of ether oxygens (including phenoxy) is 1. The van der Waals surface area contributed by atoms with Crippen molar-refractivity contribution in [2.45, 2.75) is 0 Å². The van der Waals surface area contributed by atoms with Crippen LogP contribution in [0.15, 0.2) is 24.4 Å². The molecule has 4 nitrogen and oxygen atoms in total. The average Bonchev–Trinajstić information content (AvgIpc) is 2.05. The van der Waals surface area contributed by atoms with Gasteiger partial charge in [0.05, 0.1) is 0 Å². The topological polar surface area (TPSA) is 65.2 Å². The van der Waals surface area contributed by atoms with E-state index in [4.69, 9.17) is 5.73 Å². The van der Waals surface area contributed by atoms with E-state index in [1.165, 1.54) is 0 Å². The fraction of sp³-hybridized carbons (Fsp3) is 0.125. The highest BCUT2D eigenvalue weighted by Gasteiger charge is 1.95. The maximum Gasteiger partial charge on any atom is 0.404 e. The van der Waals surface area contributed by atoms with Crippen LogP contribution in [0.2, 0.25) is 0 Å². The van der Waals surface area contributed by atoms with Crippen LogP contribution in [0.5, 0.6) is 0 Å². The van der Waals surface area contributed by atoms with E-state index in [1.807, 2.05) is 18.2 Å². The molecule has 4 heteroatoms. The number of amides is 1. The van der Waals surface area contributed by atoms with Crippen LogP contribution in [0.1, 0.15) is 5.69 Å². The number of rotatable bonds is 3. The minimum atomic E-state index is -0.776. The molecule has 0 aliphatic rings. The van der Waals surface area contributed by atoms with Gasteiger partial charge in [-0.1, -0.05) is 6.07 Å². The molecule has 1 rings (SSSR count). The minimum absolute atomic E-state index is 0.159. The first-order valence-corrected chi connectivity index (χ1v) is 3.45. The number of aromatic nitrogens is 1. The summed E-state index contributed by atoms with van der Waals surface area (Å²) in [6, 6.07) is 5.47. The lowest BCUT2D eigenvalue weighted by Gasteiger charge is -1.99. The van der Waals surface area contributed by atoms with Crippen molar-refractivity contribution in [1.29, 1.82) is 0 Å². The standard InChI is InChI=1S/C8H9N2O2/c9-8(11)12-6-4-7-3-1-2-5-10-7/h1-5H,6H2,(H2,9,11). The minimum Gasteiger partial charge on any atom is -0.449 e. The second kappa shape index (κ2) is 4.33. The van der Waals surface area contributed by atoms with Crippen molar-refractivity contribution in [3.8, 4) is 0 Å². The molecule has 0 saturated heterocycles. The summed E-state index contributed by atoms with van der Waals surface area (Å²) in [5, 5.41) is 0. The lowest BCUT2D eigenvalue weighted by molar-refractivity contribution is 0.166. The molecule has 12 heavy (non-hydrogen) atoms. The van der Waals surface area contributed by atoms with Gasteiger partial charge in [-0.05, 0) is 12.1 Å². The zero-order valence-electron chi connectivity index (χ0n) is 6.43. The molecule has 0 fully saturated rings. The molecule has 1 radical (unpaired) electrons. The van der Waals surface area contributed by atoms with Crippen LogP contribution >= 0.6 is 0 Å². The van der Waals surface area contributed by atoms with E-state index in [2.05, 4.69) is 9.72 Å². The summed E-state index contributed by atoms with van der Waals surface area (Å²) in [6.45, 7) is 0.159. The zero-order valence-corrected chi connectivity index (χ0v) is 6.43. The predicted octanol–water partition coefficient (Wildman–Crippen LogP) is 0.729. The number of hydrogen-bond acceptors (Lipinski definition) is 3. The molecule has 1 aromatic heterocycles. The number of nitrogens with two attached hydrogens (primary N) is 1. The molecule has 0 aromatic carbocycles. The third kappa shape index (κ3) is 3.01. The van der Waals surface area contributed by atoms with Gasteiger partial charge in [-0.15, -0.1) is 0 Å². The van der Waals surface area contributed by atoms with Crippen LogP contribution in [0, 0.1) is 6.42 Å².